The SMILES string of the molecule is O=C1Nc2ccc([N+](=O)[O-])cc2C(c2ccccc2Br)=NC1F. The van der Waals surface area contributed by atoms with Gasteiger partial charge in [-0.3, -0.25) is 14.9 Å². The molecule has 0 radical (unpaired) electrons. The van der Waals surface area contributed by atoms with Crippen LogP contribution in [0, 0.1) is 10.1 Å². The Hall–Kier alpha value is -2.61. The molecule has 0 bridgehead atoms. The number of non-ortho nitro benzene ring substituents is 1. The molecular formula is C15H9BrFN3O3. The van der Waals surface area contributed by atoms with Crippen LogP contribution in [0.3, 0.4) is 0 Å². The fourth-order valence-electron chi connectivity index (χ4n) is 2.25. The lowest BCUT2D eigenvalue weighted by Crippen LogP contribution is -2.21. The Balaban J connectivity index is 2.27. The summed E-state index contributed by atoms with van der Waals surface area (Å²) in [5.41, 5.74) is 1.10. The minimum absolute atomic E-state index is 0.169. The first-order valence-electron chi connectivity index (χ1n) is 6.54. The number of hydrogen-bond acceptors (Lipinski definition) is 4. The van der Waals surface area contributed by atoms with E-state index in [1.807, 2.05) is 0 Å². The van der Waals surface area contributed by atoms with E-state index in [0.29, 0.717) is 15.6 Å². The minimum Gasteiger partial charge on any atom is -0.321 e. The number of fused-ring (bicyclic) bond motifs is 1. The van der Waals surface area contributed by atoms with E-state index in [2.05, 4.69) is 26.2 Å². The van der Waals surface area contributed by atoms with Crippen LogP contribution in [-0.4, -0.2) is 22.8 Å². The molecule has 0 aliphatic carbocycles. The highest BCUT2D eigenvalue weighted by Gasteiger charge is 2.27. The second-order valence-corrected chi connectivity index (χ2v) is 5.62. The van der Waals surface area contributed by atoms with Crippen LogP contribution in [0.4, 0.5) is 15.8 Å². The van der Waals surface area contributed by atoms with Crippen LogP contribution in [0.25, 0.3) is 0 Å². The molecule has 1 amide bonds. The maximum absolute atomic E-state index is 14.0. The number of carbonyl (C=O) groups is 1. The van der Waals surface area contributed by atoms with Gasteiger partial charge in [-0.15, -0.1) is 0 Å². The van der Waals surface area contributed by atoms with Gasteiger partial charge in [0.05, 0.1) is 16.3 Å². The fraction of sp³-hybridized carbons (Fsp3) is 0.0667. The highest BCUT2D eigenvalue weighted by atomic mass is 79.9. The Morgan fingerprint density at radius 3 is 2.65 bits per heavy atom. The van der Waals surface area contributed by atoms with E-state index in [0.717, 1.165) is 0 Å². The number of carbonyl (C=O) groups excluding carboxylic acids is 1. The lowest BCUT2D eigenvalue weighted by Gasteiger charge is -2.11. The zero-order valence-corrected chi connectivity index (χ0v) is 13.1. The van der Waals surface area contributed by atoms with Crippen molar-refractivity contribution >= 4 is 38.9 Å². The van der Waals surface area contributed by atoms with Crippen LogP contribution in [-0.2, 0) is 4.79 Å². The molecule has 23 heavy (non-hydrogen) atoms. The Morgan fingerprint density at radius 2 is 1.96 bits per heavy atom. The molecule has 1 unspecified atom stereocenters. The summed E-state index contributed by atoms with van der Waals surface area (Å²) in [7, 11) is 0. The maximum Gasteiger partial charge on any atom is 0.281 e. The molecule has 0 saturated heterocycles. The van der Waals surface area contributed by atoms with E-state index >= 15 is 0 Å². The number of nitro benzene ring substituents is 1. The number of benzene rings is 2. The number of aliphatic imine (C=N–C) groups is 1. The number of rotatable bonds is 2. The summed E-state index contributed by atoms with van der Waals surface area (Å²) in [4.78, 5) is 26.0. The quantitative estimate of drug-likeness (QED) is 0.494. The standard InChI is InChI=1S/C15H9BrFN3O3/c16-11-4-2-1-3-9(11)13-10-7-8(20(22)23)5-6-12(10)18-15(21)14(17)19-13/h1-7,14H,(H,18,21). The molecule has 1 aliphatic rings. The topological polar surface area (TPSA) is 84.6 Å². The van der Waals surface area contributed by atoms with Gasteiger partial charge in [0.25, 0.3) is 17.9 Å². The van der Waals surface area contributed by atoms with Crippen molar-refractivity contribution in [2.75, 3.05) is 5.32 Å². The summed E-state index contributed by atoms with van der Waals surface area (Å²) in [6, 6.07) is 10.8. The Bertz CT molecular complexity index is 854. The Labute approximate surface area is 138 Å². The second kappa shape index (κ2) is 5.88. The molecule has 2 aromatic rings. The average molecular weight is 378 g/mol. The predicted octanol–water partition coefficient (Wildman–Crippen LogP) is 3.44. The summed E-state index contributed by atoms with van der Waals surface area (Å²) in [5.74, 6) is -0.915. The number of hydrogen-bond donors (Lipinski definition) is 1. The largest absolute Gasteiger partial charge is 0.321 e. The monoisotopic (exact) mass is 377 g/mol. The molecule has 1 atom stereocenters. The molecule has 0 fully saturated rings. The van der Waals surface area contributed by atoms with Crippen LogP contribution >= 0.6 is 15.9 Å². The number of alkyl halides is 1. The number of nitro groups is 1. The molecule has 2 aromatic carbocycles. The van der Waals surface area contributed by atoms with E-state index in [1.54, 1.807) is 24.3 Å². The molecule has 1 aliphatic heterocycles. The molecule has 0 saturated carbocycles. The van der Waals surface area contributed by atoms with E-state index in [-0.39, 0.29) is 17.1 Å². The van der Waals surface area contributed by atoms with Gasteiger partial charge in [-0.2, -0.15) is 0 Å². The summed E-state index contributed by atoms with van der Waals surface area (Å²) in [5, 5.41) is 13.4. The first-order valence-corrected chi connectivity index (χ1v) is 7.33. The Kier molecular flexibility index (Phi) is 3.91. The third-order valence-corrected chi connectivity index (χ3v) is 4.01. The zero-order chi connectivity index (χ0) is 16.6. The van der Waals surface area contributed by atoms with Gasteiger partial charge in [0, 0.05) is 27.7 Å². The molecule has 1 heterocycles. The van der Waals surface area contributed by atoms with Crippen LogP contribution in [0.2, 0.25) is 0 Å². The number of nitrogens with zero attached hydrogens (tertiary/aromatic N) is 2. The molecule has 8 heteroatoms. The third kappa shape index (κ3) is 2.85. The van der Waals surface area contributed by atoms with Crippen molar-refractivity contribution in [3.05, 3.63) is 68.2 Å². The summed E-state index contributed by atoms with van der Waals surface area (Å²) < 4.78 is 14.6. The van der Waals surface area contributed by atoms with Gasteiger partial charge in [-0.1, -0.05) is 34.1 Å². The molecular weight excluding hydrogens is 369 g/mol. The van der Waals surface area contributed by atoms with Crippen molar-refractivity contribution in [2.24, 2.45) is 4.99 Å². The first-order chi connectivity index (χ1) is 11.0. The van der Waals surface area contributed by atoms with Gasteiger partial charge in [-0.25, -0.2) is 9.38 Å². The molecule has 6 nitrogen and oxygen atoms in total. The van der Waals surface area contributed by atoms with Crippen molar-refractivity contribution in [3.63, 3.8) is 0 Å². The van der Waals surface area contributed by atoms with Gasteiger partial charge >= 0.3 is 0 Å². The molecule has 3 rings (SSSR count). The van der Waals surface area contributed by atoms with Crippen LogP contribution in [0.5, 0.6) is 0 Å². The van der Waals surface area contributed by atoms with Gasteiger partial charge in [-0.05, 0) is 12.1 Å². The lowest BCUT2D eigenvalue weighted by molar-refractivity contribution is -0.384. The summed E-state index contributed by atoms with van der Waals surface area (Å²) in [6.07, 6.45) is -2.09. The van der Waals surface area contributed by atoms with Crippen molar-refractivity contribution in [1.29, 1.82) is 0 Å². The number of amides is 1. The normalized spacial score (nSPS) is 16.9. The van der Waals surface area contributed by atoms with Gasteiger partial charge in [0.2, 0.25) is 0 Å². The lowest BCUT2D eigenvalue weighted by atomic mass is 10.00. The third-order valence-electron chi connectivity index (χ3n) is 3.31. The number of nitrogens with one attached hydrogen (secondary N) is 1. The van der Waals surface area contributed by atoms with Gasteiger partial charge in [0.15, 0.2) is 0 Å². The molecule has 116 valence electrons. The molecule has 1 N–H and O–H groups in total. The van der Waals surface area contributed by atoms with Crippen LogP contribution < -0.4 is 5.32 Å². The number of benzodiazepines with no additional fused rings is 1. The van der Waals surface area contributed by atoms with E-state index < -0.39 is 17.1 Å². The van der Waals surface area contributed by atoms with E-state index in [1.165, 1.54) is 18.2 Å². The van der Waals surface area contributed by atoms with Crippen molar-refractivity contribution in [1.82, 2.24) is 0 Å². The second-order valence-electron chi connectivity index (χ2n) is 4.77. The number of halogens is 2. The summed E-state index contributed by atoms with van der Waals surface area (Å²) >= 11 is 3.35. The van der Waals surface area contributed by atoms with Gasteiger partial charge < -0.3 is 5.32 Å². The van der Waals surface area contributed by atoms with Crippen molar-refractivity contribution in [3.8, 4) is 0 Å². The highest BCUT2D eigenvalue weighted by Crippen LogP contribution is 2.30. The van der Waals surface area contributed by atoms with E-state index in [4.69, 9.17) is 0 Å². The molecule has 0 aromatic heterocycles. The highest BCUT2D eigenvalue weighted by molar-refractivity contribution is 9.10. The summed E-state index contributed by atoms with van der Waals surface area (Å²) in [6.45, 7) is 0. The fourth-order valence-corrected chi connectivity index (χ4v) is 2.72. The molecule has 0 spiro atoms. The Morgan fingerprint density at radius 1 is 1.22 bits per heavy atom. The van der Waals surface area contributed by atoms with Crippen LogP contribution in [0.1, 0.15) is 11.1 Å². The van der Waals surface area contributed by atoms with Crippen molar-refractivity contribution < 1.29 is 14.1 Å². The van der Waals surface area contributed by atoms with Crippen molar-refractivity contribution in [2.45, 2.75) is 6.30 Å². The first kappa shape index (κ1) is 15.3. The van der Waals surface area contributed by atoms with E-state index in [9.17, 15) is 19.3 Å². The zero-order valence-electron chi connectivity index (χ0n) is 11.5. The maximum atomic E-state index is 14.0. The number of anilines is 1. The smallest absolute Gasteiger partial charge is 0.281 e. The van der Waals surface area contributed by atoms with Gasteiger partial charge in [0.1, 0.15) is 0 Å². The average Bonchev–Trinajstić information content (AvgIpc) is 2.64. The minimum atomic E-state index is -2.09. The van der Waals surface area contributed by atoms with Crippen LogP contribution in [0.15, 0.2) is 51.9 Å². The predicted molar refractivity (Wildman–Crippen MR) is 86.4 cm³/mol.